The number of hydrogen-bond acceptors (Lipinski definition) is 0. The van der Waals surface area contributed by atoms with Crippen molar-refractivity contribution in [2.75, 3.05) is 0 Å². The molecule has 5 aliphatic rings. The molecule has 0 heterocycles. The van der Waals surface area contributed by atoms with E-state index in [9.17, 15) is 0 Å². The summed E-state index contributed by atoms with van der Waals surface area (Å²) in [6.45, 7) is 0. The highest BCUT2D eigenvalue weighted by atomic mass is 14.4. The Morgan fingerprint density at radius 1 is 0.708 bits per heavy atom. The minimum absolute atomic E-state index is 0.682. The highest BCUT2D eigenvalue weighted by Gasteiger charge is 2.35. The molecule has 0 aromatic carbocycles. The molecular weight excluding hydrogens is 288 g/mol. The summed E-state index contributed by atoms with van der Waals surface area (Å²) in [6, 6.07) is 0. The smallest absolute Gasteiger partial charge is 0.00525 e. The average molecular weight is 314 g/mol. The zero-order valence-electron chi connectivity index (χ0n) is 14.4. The first-order chi connectivity index (χ1) is 11.9. The van der Waals surface area contributed by atoms with Crippen LogP contribution in [0.2, 0.25) is 0 Å². The molecule has 0 amide bonds. The van der Waals surface area contributed by atoms with Gasteiger partial charge in [-0.3, -0.25) is 0 Å². The van der Waals surface area contributed by atoms with Crippen molar-refractivity contribution in [1.82, 2.24) is 0 Å². The molecule has 5 aliphatic carbocycles. The summed E-state index contributed by atoms with van der Waals surface area (Å²) >= 11 is 0. The maximum absolute atomic E-state index is 2.48. The van der Waals surface area contributed by atoms with Crippen LogP contribution in [0.15, 0.2) is 82.0 Å². The van der Waals surface area contributed by atoms with E-state index in [1.807, 2.05) is 0 Å². The summed E-state index contributed by atoms with van der Waals surface area (Å²) in [5.74, 6) is 1.37. The Kier molecular flexibility index (Phi) is 3.58. The van der Waals surface area contributed by atoms with Crippen molar-refractivity contribution in [2.45, 2.75) is 51.4 Å². The zero-order chi connectivity index (χ0) is 15.9. The van der Waals surface area contributed by atoms with Gasteiger partial charge in [0, 0.05) is 0 Å². The number of rotatable bonds is 1. The van der Waals surface area contributed by atoms with Gasteiger partial charge in [0.2, 0.25) is 0 Å². The molecule has 122 valence electrons. The molecule has 2 unspecified atom stereocenters. The molecule has 0 aromatic heterocycles. The lowest BCUT2D eigenvalue weighted by Gasteiger charge is -2.40. The van der Waals surface area contributed by atoms with Crippen LogP contribution in [-0.2, 0) is 0 Å². The van der Waals surface area contributed by atoms with E-state index in [1.54, 1.807) is 33.4 Å². The van der Waals surface area contributed by atoms with Crippen molar-refractivity contribution >= 4 is 0 Å². The molecule has 0 fully saturated rings. The molecule has 0 saturated carbocycles. The summed E-state index contributed by atoms with van der Waals surface area (Å²) in [6.07, 6.45) is 29.0. The average Bonchev–Trinajstić information content (AvgIpc) is 2.67. The van der Waals surface area contributed by atoms with E-state index in [4.69, 9.17) is 0 Å². The first-order valence-corrected chi connectivity index (χ1v) is 9.76. The third-order valence-electron chi connectivity index (χ3n) is 6.57. The fourth-order valence-electron chi connectivity index (χ4n) is 5.43. The van der Waals surface area contributed by atoms with E-state index in [0.29, 0.717) is 11.8 Å². The van der Waals surface area contributed by atoms with E-state index in [1.165, 1.54) is 51.4 Å². The van der Waals surface area contributed by atoms with Crippen molar-refractivity contribution < 1.29 is 0 Å². The van der Waals surface area contributed by atoms with Gasteiger partial charge < -0.3 is 0 Å². The second-order valence-corrected chi connectivity index (χ2v) is 7.80. The van der Waals surface area contributed by atoms with Gasteiger partial charge in [-0.05, 0) is 96.6 Å². The van der Waals surface area contributed by atoms with Crippen LogP contribution in [0.4, 0.5) is 0 Å². The first kappa shape index (κ1) is 14.5. The van der Waals surface area contributed by atoms with Crippen LogP contribution >= 0.6 is 0 Å². The zero-order valence-corrected chi connectivity index (χ0v) is 14.4. The standard InChI is InChI=1S/C24H26/c1-2-8-17(9-3-1)23-16-24-19-11-5-4-10-18(19)14-15-22(24)20-12-6-7-13-21(20)23/h1-4,7-8,10,13,17,23H,5-6,9,11-12,14-16H2. The largest absolute Gasteiger partial charge is 0.0839 e. The van der Waals surface area contributed by atoms with Crippen LogP contribution in [0.5, 0.6) is 0 Å². The van der Waals surface area contributed by atoms with Crippen LogP contribution in [0.3, 0.4) is 0 Å². The van der Waals surface area contributed by atoms with Gasteiger partial charge in [0.15, 0.2) is 0 Å². The van der Waals surface area contributed by atoms with Crippen LogP contribution in [0.25, 0.3) is 0 Å². The quantitative estimate of drug-likeness (QED) is 0.516. The molecule has 0 bridgehead atoms. The molecule has 0 radical (unpaired) electrons. The Morgan fingerprint density at radius 2 is 1.58 bits per heavy atom. The monoisotopic (exact) mass is 314 g/mol. The third-order valence-corrected chi connectivity index (χ3v) is 6.57. The van der Waals surface area contributed by atoms with Crippen molar-refractivity contribution in [3.8, 4) is 0 Å². The molecule has 0 nitrogen and oxygen atoms in total. The van der Waals surface area contributed by atoms with E-state index >= 15 is 0 Å². The van der Waals surface area contributed by atoms with Gasteiger partial charge in [-0.2, -0.15) is 0 Å². The lowest BCUT2D eigenvalue weighted by Crippen LogP contribution is -2.25. The maximum Gasteiger partial charge on any atom is -0.00525 e. The summed E-state index contributed by atoms with van der Waals surface area (Å²) in [5, 5.41) is 0. The van der Waals surface area contributed by atoms with Gasteiger partial charge >= 0.3 is 0 Å². The fraction of sp³-hybridized carbons (Fsp3) is 0.417. The molecule has 0 spiro atoms. The number of allylic oxidation sites excluding steroid dienone is 14. The van der Waals surface area contributed by atoms with Gasteiger partial charge in [-0.25, -0.2) is 0 Å². The predicted molar refractivity (Wildman–Crippen MR) is 102 cm³/mol. The Balaban J connectivity index is 1.61. The Bertz CT molecular complexity index is 773. The number of fused-ring (bicyclic) bond motifs is 2. The van der Waals surface area contributed by atoms with Gasteiger partial charge in [-0.15, -0.1) is 0 Å². The molecule has 24 heavy (non-hydrogen) atoms. The Labute approximate surface area is 145 Å². The van der Waals surface area contributed by atoms with E-state index in [0.717, 1.165) is 0 Å². The van der Waals surface area contributed by atoms with Gasteiger partial charge in [-0.1, -0.05) is 48.6 Å². The van der Waals surface area contributed by atoms with Gasteiger partial charge in [0.25, 0.3) is 0 Å². The molecule has 0 heteroatoms. The lowest BCUT2D eigenvalue weighted by atomic mass is 9.64. The molecule has 0 aliphatic heterocycles. The maximum atomic E-state index is 2.48. The predicted octanol–water partition coefficient (Wildman–Crippen LogP) is 6.52. The molecule has 0 saturated heterocycles. The summed E-state index contributed by atoms with van der Waals surface area (Å²) < 4.78 is 0. The summed E-state index contributed by atoms with van der Waals surface area (Å²) in [5.41, 5.74) is 10.3. The van der Waals surface area contributed by atoms with Crippen molar-refractivity contribution in [1.29, 1.82) is 0 Å². The van der Waals surface area contributed by atoms with Crippen LogP contribution in [0, 0.1) is 11.8 Å². The summed E-state index contributed by atoms with van der Waals surface area (Å²) in [4.78, 5) is 0. The Morgan fingerprint density at radius 3 is 2.46 bits per heavy atom. The van der Waals surface area contributed by atoms with Crippen molar-refractivity contribution in [3.63, 3.8) is 0 Å². The van der Waals surface area contributed by atoms with Crippen LogP contribution < -0.4 is 0 Å². The minimum atomic E-state index is 0.682. The highest BCUT2D eigenvalue weighted by Crippen LogP contribution is 2.51. The highest BCUT2D eigenvalue weighted by molar-refractivity contribution is 5.59. The molecule has 5 rings (SSSR count). The summed E-state index contributed by atoms with van der Waals surface area (Å²) in [7, 11) is 0. The van der Waals surface area contributed by atoms with Gasteiger partial charge in [0.1, 0.15) is 0 Å². The van der Waals surface area contributed by atoms with Gasteiger partial charge in [0.05, 0.1) is 0 Å². The second kappa shape index (κ2) is 5.92. The van der Waals surface area contributed by atoms with Crippen molar-refractivity contribution in [3.05, 3.63) is 82.0 Å². The SMILES string of the molecule is C1=CCC(C2CC3=C(CCC4=C3CCC=C4)C3=C2C=CCC3)C=C1. The van der Waals surface area contributed by atoms with E-state index in [-0.39, 0.29) is 0 Å². The minimum Gasteiger partial charge on any atom is -0.0839 e. The molecule has 0 N–H and O–H groups in total. The van der Waals surface area contributed by atoms with Crippen LogP contribution in [-0.4, -0.2) is 0 Å². The third kappa shape index (κ3) is 2.27. The van der Waals surface area contributed by atoms with E-state index in [2.05, 4.69) is 48.6 Å². The molecule has 0 aromatic rings. The van der Waals surface area contributed by atoms with Crippen LogP contribution in [0.1, 0.15) is 51.4 Å². The normalized spacial score (nSPS) is 31.3. The molecule has 2 atom stereocenters. The fourth-order valence-corrected chi connectivity index (χ4v) is 5.43. The van der Waals surface area contributed by atoms with E-state index < -0.39 is 0 Å². The molecular formula is C24H26. The second-order valence-electron chi connectivity index (χ2n) is 7.80. The first-order valence-electron chi connectivity index (χ1n) is 9.76. The van der Waals surface area contributed by atoms with Crippen molar-refractivity contribution in [2.24, 2.45) is 11.8 Å². The number of hydrogen-bond donors (Lipinski definition) is 0. The Hall–Kier alpha value is -1.82. The topological polar surface area (TPSA) is 0 Å². The lowest BCUT2D eigenvalue weighted by molar-refractivity contribution is 0.440.